The molecule has 0 fully saturated rings. The van der Waals surface area contributed by atoms with Gasteiger partial charge in [-0.1, -0.05) is 19.9 Å². The summed E-state index contributed by atoms with van der Waals surface area (Å²) in [6.45, 7) is 4.25. The van der Waals surface area contributed by atoms with E-state index in [1.165, 1.54) is 5.56 Å². The number of rotatable bonds is 4. The summed E-state index contributed by atoms with van der Waals surface area (Å²) in [5.41, 5.74) is 11.2. The quantitative estimate of drug-likeness (QED) is 0.506. The number of azide groups is 1. The average Bonchev–Trinajstić information content (AvgIpc) is 2.87. The molecule has 0 saturated carbocycles. The molecule has 19 heavy (non-hydrogen) atoms. The predicted molar refractivity (Wildman–Crippen MR) is 73.5 cm³/mol. The van der Waals surface area contributed by atoms with Crippen molar-refractivity contribution in [1.82, 2.24) is 10.2 Å². The van der Waals surface area contributed by atoms with E-state index < -0.39 is 0 Å². The van der Waals surface area contributed by atoms with Crippen molar-refractivity contribution >= 4 is 5.82 Å². The molecule has 1 N–H and O–H groups in total. The van der Waals surface area contributed by atoms with E-state index in [4.69, 9.17) is 10.3 Å². The number of nitrogens with one attached hydrogen (secondary N) is 1. The smallest absolute Gasteiger partial charge is 0.128 e. The maximum Gasteiger partial charge on any atom is 0.128 e. The molecule has 2 rings (SSSR count). The SMILES string of the molecule is COc1ccc(C(C)C)cc1-c1cc(N=[N+]=[N-])[nH]n1. The average molecular weight is 257 g/mol. The van der Waals surface area contributed by atoms with Crippen LogP contribution in [0.2, 0.25) is 0 Å². The lowest BCUT2D eigenvalue weighted by Crippen LogP contribution is -1.93. The minimum absolute atomic E-state index is 0.384. The van der Waals surface area contributed by atoms with E-state index in [9.17, 15) is 0 Å². The van der Waals surface area contributed by atoms with Gasteiger partial charge < -0.3 is 4.74 Å². The zero-order chi connectivity index (χ0) is 13.8. The lowest BCUT2D eigenvalue weighted by Gasteiger charge is -2.11. The van der Waals surface area contributed by atoms with Gasteiger partial charge in [0.25, 0.3) is 0 Å². The summed E-state index contributed by atoms with van der Waals surface area (Å²) in [6, 6.07) is 7.70. The van der Waals surface area contributed by atoms with E-state index in [0.717, 1.165) is 11.3 Å². The van der Waals surface area contributed by atoms with Gasteiger partial charge in [0.15, 0.2) is 0 Å². The molecule has 0 aliphatic carbocycles. The monoisotopic (exact) mass is 257 g/mol. The van der Waals surface area contributed by atoms with E-state index in [1.54, 1.807) is 13.2 Å². The fourth-order valence-corrected chi connectivity index (χ4v) is 1.83. The van der Waals surface area contributed by atoms with Crippen LogP contribution < -0.4 is 4.74 Å². The van der Waals surface area contributed by atoms with Crippen molar-refractivity contribution in [3.63, 3.8) is 0 Å². The highest BCUT2D eigenvalue weighted by Gasteiger charge is 2.11. The van der Waals surface area contributed by atoms with Gasteiger partial charge in [-0.15, -0.1) is 0 Å². The molecule has 0 aliphatic heterocycles. The number of aromatic amines is 1. The van der Waals surface area contributed by atoms with Crippen LogP contribution in [0.3, 0.4) is 0 Å². The maximum atomic E-state index is 8.40. The highest BCUT2D eigenvalue weighted by atomic mass is 16.5. The van der Waals surface area contributed by atoms with Crippen LogP contribution in [0.4, 0.5) is 5.82 Å². The van der Waals surface area contributed by atoms with Gasteiger partial charge in [0.2, 0.25) is 0 Å². The fraction of sp³-hybridized carbons (Fsp3) is 0.308. The lowest BCUT2D eigenvalue weighted by atomic mass is 9.99. The first-order valence-electron chi connectivity index (χ1n) is 5.94. The van der Waals surface area contributed by atoms with E-state index in [-0.39, 0.29) is 0 Å². The Labute approximate surface area is 111 Å². The molecule has 6 nitrogen and oxygen atoms in total. The summed E-state index contributed by atoms with van der Waals surface area (Å²) in [6.07, 6.45) is 0. The van der Waals surface area contributed by atoms with E-state index in [0.29, 0.717) is 17.4 Å². The highest BCUT2D eigenvalue weighted by Crippen LogP contribution is 2.33. The van der Waals surface area contributed by atoms with Crippen LogP contribution in [0.25, 0.3) is 21.7 Å². The number of H-pyrrole nitrogens is 1. The second-order valence-electron chi connectivity index (χ2n) is 4.44. The summed E-state index contributed by atoms with van der Waals surface area (Å²) in [4.78, 5) is 2.72. The van der Waals surface area contributed by atoms with Gasteiger partial charge in [-0.05, 0) is 40.3 Å². The first-order valence-corrected chi connectivity index (χ1v) is 5.94. The molecule has 2 aromatic rings. The van der Waals surface area contributed by atoms with Gasteiger partial charge in [-0.2, -0.15) is 5.10 Å². The van der Waals surface area contributed by atoms with E-state index >= 15 is 0 Å². The van der Waals surface area contributed by atoms with Crippen molar-refractivity contribution in [2.75, 3.05) is 7.11 Å². The molecule has 0 atom stereocenters. The lowest BCUT2D eigenvalue weighted by molar-refractivity contribution is 0.416. The van der Waals surface area contributed by atoms with Gasteiger partial charge in [0.1, 0.15) is 11.6 Å². The van der Waals surface area contributed by atoms with Crippen LogP contribution >= 0.6 is 0 Å². The topological polar surface area (TPSA) is 86.7 Å². The minimum Gasteiger partial charge on any atom is -0.496 e. The maximum absolute atomic E-state index is 8.40. The summed E-state index contributed by atoms with van der Waals surface area (Å²) >= 11 is 0. The molecule has 0 amide bonds. The number of benzene rings is 1. The molecule has 0 aliphatic rings. The van der Waals surface area contributed by atoms with Crippen molar-refractivity contribution in [3.05, 3.63) is 40.3 Å². The number of hydrogen-bond donors (Lipinski definition) is 1. The Morgan fingerprint density at radius 2 is 2.16 bits per heavy atom. The zero-order valence-electron chi connectivity index (χ0n) is 11.1. The van der Waals surface area contributed by atoms with Gasteiger partial charge in [0, 0.05) is 10.5 Å². The Morgan fingerprint density at radius 1 is 1.37 bits per heavy atom. The first-order chi connectivity index (χ1) is 9.15. The van der Waals surface area contributed by atoms with Crippen molar-refractivity contribution in [2.24, 2.45) is 5.11 Å². The van der Waals surface area contributed by atoms with Crippen LogP contribution in [0.5, 0.6) is 5.75 Å². The van der Waals surface area contributed by atoms with Gasteiger partial charge in [-0.3, -0.25) is 5.10 Å². The number of aromatic nitrogens is 2. The molecule has 0 unspecified atom stereocenters. The van der Waals surface area contributed by atoms with Gasteiger partial charge >= 0.3 is 0 Å². The van der Waals surface area contributed by atoms with Crippen LogP contribution in [0, 0.1) is 0 Å². The largest absolute Gasteiger partial charge is 0.496 e. The molecule has 1 aromatic heterocycles. The number of ether oxygens (including phenoxy) is 1. The Bertz CT molecular complexity index is 626. The fourth-order valence-electron chi connectivity index (χ4n) is 1.83. The summed E-state index contributed by atoms with van der Waals surface area (Å²) < 4.78 is 5.35. The Kier molecular flexibility index (Phi) is 3.73. The third-order valence-electron chi connectivity index (χ3n) is 2.88. The third kappa shape index (κ3) is 2.69. The number of hydrogen-bond acceptors (Lipinski definition) is 3. The third-order valence-corrected chi connectivity index (χ3v) is 2.88. The van der Waals surface area contributed by atoms with E-state index in [2.05, 4.69) is 34.1 Å². The molecule has 1 heterocycles. The number of nitrogens with zero attached hydrogens (tertiary/aromatic N) is 4. The standard InChI is InChI=1S/C13H15N5O/c1-8(2)9-4-5-12(19-3)10(6-9)11-7-13(16-15-11)17-18-14/h4-8H,1-3H3,(H,15,16). The van der Waals surface area contributed by atoms with Crippen LogP contribution in [0.15, 0.2) is 29.4 Å². The van der Waals surface area contributed by atoms with Crippen molar-refractivity contribution < 1.29 is 4.74 Å². The molecule has 0 bridgehead atoms. The molecular weight excluding hydrogens is 242 g/mol. The van der Waals surface area contributed by atoms with Gasteiger partial charge in [-0.25, -0.2) is 0 Å². The predicted octanol–water partition coefficient (Wildman–Crippen LogP) is 4.15. The second kappa shape index (κ2) is 5.46. The Morgan fingerprint density at radius 3 is 2.79 bits per heavy atom. The minimum atomic E-state index is 0.384. The zero-order valence-corrected chi connectivity index (χ0v) is 11.1. The summed E-state index contributed by atoms with van der Waals surface area (Å²) in [5.74, 6) is 1.54. The van der Waals surface area contributed by atoms with Crippen LogP contribution in [-0.4, -0.2) is 17.3 Å². The number of methoxy groups -OCH3 is 1. The normalized spacial score (nSPS) is 10.3. The first kappa shape index (κ1) is 13.0. The van der Waals surface area contributed by atoms with Crippen molar-refractivity contribution in [3.8, 4) is 17.0 Å². The van der Waals surface area contributed by atoms with Crippen molar-refractivity contribution in [1.29, 1.82) is 0 Å². The van der Waals surface area contributed by atoms with Crippen LogP contribution in [0.1, 0.15) is 25.3 Å². The molecule has 0 radical (unpaired) electrons. The molecule has 98 valence electrons. The van der Waals surface area contributed by atoms with Crippen molar-refractivity contribution in [2.45, 2.75) is 19.8 Å². The molecule has 1 aromatic carbocycles. The summed E-state index contributed by atoms with van der Waals surface area (Å²) in [7, 11) is 1.62. The highest BCUT2D eigenvalue weighted by molar-refractivity contribution is 5.69. The molecule has 6 heteroatoms. The van der Waals surface area contributed by atoms with Crippen LogP contribution in [-0.2, 0) is 0 Å². The molecule has 0 spiro atoms. The van der Waals surface area contributed by atoms with Gasteiger partial charge in [0.05, 0.1) is 12.8 Å². The Hall–Kier alpha value is -2.46. The molecule has 0 saturated heterocycles. The summed E-state index contributed by atoms with van der Waals surface area (Å²) in [5, 5.41) is 10.3. The molecular formula is C13H15N5O. The second-order valence-corrected chi connectivity index (χ2v) is 4.44. The Balaban J connectivity index is 2.51. The van der Waals surface area contributed by atoms with E-state index in [1.807, 2.05) is 18.2 Å².